The number of fused-ring (bicyclic) bond motifs is 1. The molecule has 1 heteroatoms. The monoisotopic (exact) mass is 186 g/mol. The molecule has 0 radical (unpaired) electrons. The lowest BCUT2D eigenvalue weighted by molar-refractivity contribution is 0.103. The molecule has 0 heterocycles. The number of hydrogen-bond donors (Lipinski definition) is 0. The number of rotatable bonds is 0. The Morgan fingerprint density at radius 3 is 2.64 bits per heavy atom. The van der Waals surface area contributed by atoms with Crippen LogP contribution in [0.5, 0.6) is 0 Å². The quantitative estimate of drug-likeness (QED) is 0.569. The van der Waals surface area contributed by atoms with Crippen molar-refractivity contribution >= 4 is 5.78 Å². The van der Waals surface area contributed by atoms with E-state index in [1.165, 1.54) is 16.7 Å². The van der Waals surface area contributed by atoms with E-state index in [2.05, 4.69) is 13.8 Å². The van der Waals surface area contributed by atoms with Gasteiger partial charge in [-0.15, -0.1) is 0 Å². The van der Waals surface area contributed by atoms with Gasteiger partial charge in [-0.2, -0.15) is 0 Å². The number of carbonyl (C=O) groups is 1. The van der Waals surface area contributed by atoms with Gasteiger partial charge in [-0.1, -0.05) is 18.2 Å². The Bertz CT molecular complexity index is 439. The zero-order valence-electron chi connectivity index (χ0n) is 8.85. The van der Waals surface area contributed by atoms with E-state index in [4.69, 9.17) is 0 Å². The molecule has 0 saturated heterocycles. The molecule has 14 heavy (non-hydrogen) atoms. The van der Waals surface area contributed by atoms with Crippen LogP contribution in [-0.2, 0) is 6.42 Å². The van der Waals surface area contributed by atoms with Crippen molar-refractivity contribution in [2.45, 2.75) is 27.2 Å². The fraction of sp³-hybridized carbons (Fsp3) is 0.308. The summed E-state index contributed by atoms with van der Waals surface area (Å²) in [6.45, 7) is 6.12. The van der Waals surface area contributed by atoms with Gasteiger partial charge in [-0.05, 0) is 37.5 Å². The first kappa shape index (κ1) is 9.20. The van der Waals surface area contributed by atoms with Gasteiger partial charge in [0.05, 0.1) is 0 Å². The van der Waals surface area contributed by atoms with Crippen molar-refractivity contribution in [2.75, 3.05) is 0 Å². The number of Topliss-reactive ketones (excluding diaryl/α,β-unsaturated/α-hetero) is 1. The predicted molar refractivity (Wildman–Crippen MR) is 57.7 cm³/mol. The summed E-state index contributed by atoms with van der Waals surface area (Å²) >= 11 is 0. The van der Waals surface area contributed by atoms with Gasteiger partial charge in [0.2, 0.25) is 0 Å². The van der Waals surface area contributed by atoms with E-state index in [0.717, 1.165) is 17.6 Å². The maximum Gasteiger partial charge on any atom is 0.189 e. The second-order valence-corrected chi connectivity index (χ2v) is 3.85. The fourth-order valence-electron chi connectivity index (χ4n) is 1.99. The molecule has 2 rings (SSSR count). The van der Waals surface area contributed by atoms with Gasteiger partial charge in [0.25, 0.3) is 0 Å². The highest BCUT2D eigenvalue weighted by molar-refractivity contribution is 6.13. The normalized spacial score (nSPS) is 17.6. The minimum atomic E-state index is 0.214. The van der Waals surface area contributed by atoms with E-state index in [9.17, 15) is 4.79 Å². The summed E-state index contributed by atoms with van der Waals surface area (Å²) < 4.78 is 0. The molecule has 0 saturated carbocycles. The van der Waals surface area contributed by atoms with Gasteiger partial charge in [-0.3, -0.25) is 4.79 Å². The van der Waals surface area contributed by atoms with Crippen LogP contribution in [-0.4, -0.2) is 5.78 Å². The third-order valence-electron chi connectivity index (χ3n) is 3.12. The van der Waals surface area contributed by atoms with Crippen LogP contribution in [0.2, 0.25) is 0 Å². The highest BCUT2D eigenvalue weighted by Gasteiger charge is 2.25. The van der Waals surface area contributed by atoms with Crippen molar-refractivity contribution < 1.29 is 4.79 Å². The lowest BCUT2D eigenvalue weighted by atomic mass is 10.00. The Hall–Kier alpha value is -1.37. The molecule has 0 N–H and O–H groups in total. The smallest absolute Gasteiger partial charge is 0.189 e. The average Bonchev–Trinajstić information content (AvgIpc) is 2.50. The highest BCUT2D eigenvalue weighted by atomic mass is 16.1. The first-order chi connectivity index (χ1) is 6.65. The molecule has 1 aliphatic rings. The van der Waals surface area contributed by atoms with Gasteiger partial charge < -0.3 is 0 Å². The maximum absolute atomic E-state index is 11.8. The van der Waals surface area contributed by atoms with Crippen molar-refractivity contribution in [3.63, 3.8) is 0 Å². The van der Waals surface area contributed by atoms with Crippen molar-refractivity contribution in [2.24, 2.45) is 0 Å². The minimum absolute atomic E-state index is 0.214. The zero-order chi connectivity index (χ0) is 10.3. The molecule has 0 amide bonds. The van der Waals surface area contributed by atoms with E-state index >= 15 is 0 Å². The molecule has 1 aliphatic carbocycles. The van der Waals surface area contributed by atoms with Crippen LogP contribution in [0, 0.1) is 13.8 Å². The van der Waals surface area contributed by atoms with E-state index < -0.39 is 0 Å². The third-order valence-corrected chi connectivity index (χ3v) is 3.12. The molecule has 1 aromatic carbocycles. The lowest BCUT2D eigenvalue weighted by Gasteiger charge is -2.04. The lowest BCUT2D eigenvalue weighted by Crippen LogP contribution is -1.95. The number of ketones is 1. The predicted octanol–water partition coefficient (Wildman–Crippen LogP) is 2.99. The Morgan fingerprint density at radius 1 is 1.29 bits per heavy atom. The van der Waals surface area contributed by atoms with Crippen molar-refractivity contribution in [1.29, 1.82) is 0 Å². The van der Waals surface area contributed by atoms with E-state index in [0.29, 0.717) is 0 Å². The summed E-state index contributed by atoms with van der Waals surface area (Å²) in [5.41, 5.74) is 5.61. The van der Waals surface area contributed by atoms with Gasteiger partial charge in [0.1, 0.15) is 0 Å². The standard InChI is InChI=1S/C13H14O/c1-4-10-7-12-9(3)8(2)5-6-11(12)13(10)14/h4-6H,7H2,1-3H3/b10-4+. The molecular formula is C13H14O. The Balaban J connectivity index is 2.65. The second kappa shape index (κ2) is 3.09. The summed E-state index contributed by atoms with van der Waals surface area (Å²) in [7, 11) is 0. The van der Waals surface area contributed by atoms with Gasteiger partial charge >= 0.3 is 0 Å². The van der Waals surface area contributed by atoms with Crippen molar-refractivity contribution in [3.8, 4) is 0 Å². The number of carbonyl (C=O) groups excluding carboxylic acids is 1. The number of hydrogen-bond acceptors (Lipinski definition) is 1. The zero-order valence-corrected chi connectivity index (χ0v) is 8.85. The first-order valence-electron chi connectivity index (χ1n) is 4.94. The van der Waals surface area contributed by atoms with Gasteiger partial charge in [-0.25, -0.2) is 0 Å². The minimum Gasteiger partial charge on any atom is -0.289 e. The molecule has 0 unspecified atom stereocenters. The number of benzene rings is 1. The summed E-state index contributed by atoms with van der Waals surface area (Å²) in [4.78, 5) is 11.8. The number of allylic oxidation sites excluding steroid dienone is 2. The van der Waals surface area contributed by atoms with Crippen molar-refractivity contribution in [1.82, 2.24) is 0 Å². The largest absolute Gasteiger partial charge is 0.289 e. The van der Waals surface area contributed by atoms with Crippen LogP contribution in [0.4, 0.5) is 0 Å². The topological polar surface area (TPSA) is 17.1 Å². The molecule has 72 valence electrons. The molecule has 1 nitrogen and oxygen atoms in total. The van der Waals surface area contributed by atoms with Crippen molar-refractivity contribution in [3.05, 3.63) is 46.0 Å². The van der Waals surface area contributed by atoms with E-state index in [1.807, 2.05) is 25.1 Å². The summed E-state index contributed by atoms with van der Waals surface area (Å²) in [6.07, 6.45) is 2.75. The Morgan fingerprint density at radius 2 is 2.00 bits per heavy atom. The number of aryl methyl sites for hydroxylation is 1. The molecule has 0 spiro atoms. The van der Waals surface area contributed by atoms with Crippen LogP contribution in [0.25, 0.3) is 0 Å². The molecule has 1 aromatic rings. The van der Waals surface area contributed by atoms with E-state index in [1.54, 1.807) is 0 Å². The fourth-order valence-corrected chi connectivity index (χ4v) is 1.99. The molecule has 0 atom stereocenters. The van der Waals surface area contributed by atoms with Crippen LogP contribution >= 0.6 is 0 Å². The van der Waals surface area contributed by atoms with Crippen LogP contribution in [0.15, 0.2) is 23.8 Å². The van der Waals surface area contributed by atoms with E-state index in [-0.39, 0.29) is 5.78 Å². The Kier molecular flexibility index (Phi) is 2.03. The Labute approximate surface area is 84.5 Å². The molecule has 0 fully saturated rings. The molecule has 0 aliphatic heterocycles. The first-order valence-corrected chi connectivity index (χ1v) is 4.94. The average molecular weight is 186 g/mol. The molecule has 0 aromatic heterocycles. The van der Waals surface area contributed by atoms with Gasteiger partial charge in [0, 0.05) is 17.6 Å². The third kappa shape index (κ3) is 1.12. The SMILES string of the molecule is C/C=C1\Cc2c(ccc(C)c2C)C1=O. The van der Waals surface area contributed by atoms with Crippen LogP contribution in [0.1, 0.15) is 34.0 Å². The van der Waals surface area contributed by atoms with Crippen LogP contribution in [0.3, 0.4) is 0 Å². The molecular weight excluding hydrogens is 172 g/mol. The summed E-state index contributed by atoms with van der Waals surface area (Å²) in [5, 5.41) is 0. The summed E-state index contributed by atoms with van der Waals surface area (Å²) in [6, 6.07) is 3.99. The van der Waals surface area contributed by atoms with Gasteiger partial charge in [0.15, 0.2) is 5.78 Å². The second-order valence-electron chi connectivity index (χ2n) is 3.85. The summed E-state index contributed by atoms with van der Waals surface area (Å²) in [5.74, 6) is 0.214. The maximum atomic E-state index is 11.8. The van der Waals surface area contributed by atoms with Crippen LogP contribution < -0.4 is 0 Å². The highest BCUT2D eigenvalue weighted by Crippen LogP contribution is 2.30. The molecule has 0 bridgehead atoms.